The topological polar surface area (TPSA) is 119 Å². The summed E-state index contributed by atoms with van der Waals surface area (Å²) in [6, 6.07) is 8.77. The first-order chi connectivity index (χ1) is 13.6. The highest BCUT2D eigenvalue weighted by Crippen LogP contribution is 2.29. The van der Waals surface area contributed by atoms with E-state index in [4.69, 9.17) is 16.3 Å². The molecule has 0 aliphatic rings. The maximum Gasteiger partial charge on any atom is 0.271 e. The number of hydrogen-bond donors (Lipinski definition) is 1. The molecule has 11 heteroatoms. The van der Waals surface area contributed by atoms with Crippen molar-refractivity contribution in [2.45, 2.75) is 19.4 Å². The standard InChI is InChI=1S/C18H20ClN3O6S/c1-4-17(18(23)20-16-11-13(22(24)25)8-9-15(16)19)21(29(3,26)27)12-6-5-7-14(10-12)28-2/h5-11,17H,4H2,1-3H3,(H,20,23)/t17-/m1/s1. The molecular formula is C18H20ClN3O6S. The Labute approximate surface area is 173 Å². The third-order valence-corrected chi connectivity index (χ3v) is 5.57. The number of non-ortho nitro benzene ring substituents is 1. The van der Waals surface area contributed by atoms with Crippen molar-refractivity contribution in [3.05, 3.63) is 57.6 Å². The number of nitro benzene ring substituents is 1. The predicted octanol–water partition coefficient (Wildman–Crippen LogP) is 3.44. The molecule has 0 saturated carbocycles. The Kier molecular flexibility index (Phi) is 7.04. The summed E-state index contributed by atoms with van der Waals surface area (Å²) in [5.41, 5.74) is 0.00733. The zero-order valence-electron chi connectivity index (χ0n) is 16.0. The van der Waals surface area contributed by atoms with Gasteiger partial charge in [-0.2, -0.15) is 0 Å². The monoisotopic (exact) mass is 441 g/mol. The van der Waals surface area contributed by atoms with Gasteiger partial charge in [-0.3, -0.25) is 19.2 Å². The van der Waals surface area contributed by atoms with Crippen molar-refractivity contribution >= 4 is 44.6 Å². The molecule has 2 aromatic rings. The Morgan fingerprint density at radius 2 is 2.00 bits per heavy atom. The molecule has 0 heterocycles. The van der Waals surface area contributed by atoms with Crippen molar-refractivity contribution in [2.75, 3.05) is 23.0 Å². The highest BCUT2D eigenvalue weighted by Gasteiger charge is 2.32. The molecule has 0 aromatic heterocycles. The number of rotatable bonds is 8. The summed E-state index contributed by atoms with van der Waals surface area (Å²) in [7, 11) is -2.40. The summed E-state index contributed by atoms with van der Waals surface area (Å²) in [6.07, 6.45) is 1.13. The van der Waals surface area contributed by atoms with Crippen LogP contribution in [0.4, 0.5) is 17.1 Å². The normalized spacial score (nSPS) is 12.1. The summed E-state index contributed by atoms with van der Waals surface area (Å²) in [5, 5.41) is 13.6. The van der Waals surface area contributed by atoms with E-state index in [0.717, 1.165) is 16.6 Å². The lowest BCUT2D eigenvalue weighted by atomic mass is 10.1. The second-order valence-corrected chi connectivity index (χ2v) is 8.36. The van der Waals surface area contributed by atoms with Crippen LogP contribution >= 0.6 is 11.6 Å². The molecule has 0 saturated heterocycles. The fourth-order valence-corrected chi connectivity index (χ4v) is 4.11. The molecule has 1 N–H and O–H groups in total. The largest absolute Gasteiger partial charge is 0.497 e. The van der Waals surface area contributed by atoms with E-state index in [0.29, 0.717) is 5.75 Å². The molecule has 2 rings (SSSR count). The van der Waals surface area contributed by atoms with Crippen LogP contribution in [0.5, 0.6) is 5.75 Å². The number of nitro groups is 1. The van der Waals surface area contributed by atoms with Gasteiger partial charge in [-0.05, 0) is 24.6 Å². The molecule has 29 heavy (non-hydrogen) atoms. The number of hydrogen-bond acceptors (Lipinski definition) is 6. The second kappa shape index (κ2) is 9.10. The minimum atomic E-state index is -3.85. The van der Waals surface area contributed by atoms with E-state index in [9.17, 15) is 23.3 Å². The van der Waals surface area contributed by atoms with Gasteiger partial charge in [0.2, 0.25) is 15.9 Å². The van der Waals surface area contributed by atoms with Crippen LogP contribution in [0.3, 0.4) is 0 Å². The Bertz CT molecular complexity index is 1030. The van der Waals surface area contributed by atoms with Gasteiger partial charge < -0.3 is 10.1 Å². The Morgan fingerprint density at radius 3 is 2.55 bits per heavy atom. The third-order valence-electron chi connectivity index (χ3n) is 4.06. The molecule has 0 aliphatic heterocycles. The molecule has 0 spiro atoms. The number of methoxy groups -OCH3 is 1. The Hall–Kier alpha value is -2.85. The lowest BCUT2D eigenvalue weighted by Gasteiger charge is -2.30. The van der Waals surface area contributed by atoms with Gasteiger partial charge >= 0.3 is 0 Å². The van der Waals surface area contributed by atoms with Gasteiger partial charge in [0.1, 0.15) is 11.8 Å². The van der Waals surface area contributed by atoms with Crippen LogP contribution in [0.2, 0.25) is 5.02 Å². The van der Waals surface area contributed by atoms with E-state index in [1.807, 2.05) is 0 Å². The number of carbonyl (C=O) groups excluding carboxylic acids is 1. The van der Waals surface area contributed by atoms with Gasteiger partial charge in [0.25, 0.3) is 5.69 Å². The van der Waals surface area contributed by atoms with E-state index in [1.165, 1.54) is 25.3 Å². The predicted molar refractivity (Wildman–Crippen MR) is 111 cm³/mol. The van der Waals surface area contributed by atoms with E-state index in [1.54, 1.807) is 25.1 Å². The van der Waals surface area contributed by atoms with Gasteiger partial charge in [-0.1, -0.05) is 24.6 Å². The number of halogens is 1. The van der Waals surface area contributed by atoms with Crippen molar-refractivity contribution in [1.29, 1.82) is 0 Å². The smallest absolute Gasteiger partial charge is 0.271 e. The first kappa shape index (κ1) is 22.4. The number of benzene rings is 2. The van der Waals surface area contributed by atoms with Gasteiger partial charge in [-0.15, -0.1) is 0 Å². The van der Waals surface area contributed by atoms with Crippen LogP contribution in [-0.2, 0) is 14.8 Å². The molecule has 0 radical (unpaired) electrons. The van der Waals surface area contributed by atoms with E-state index in [2.05, 4.69) is 5.32 Å². The fraction of sp³-hybridized carbons (Fsp3) is 0.278. The summed E-state index contributed by atoms with van der Waals surface area (Å²) in [6.45, 7) is 1.65. The first-order valence-corrected chi connectivity index (χ1v) is 10.7. The highest BCUT2D eigenvalue weighted by molar-refractivity contribution is 7.92. The van der Waals surface area contributed by atoms with E-state index >= 15 is 0 Å². The van der Waals surface area contributed by atoms with E-state index in [-0.39, 0.29) is 28.5 Å². The minimum absolute atomic E-state index is 0.0170. The average Bonchev–Trinajstić information content (AvgIpc) is 2.66. The van der Waals surface area contributed by atoms with E-state index < -0.39 is 26.9 Å². The number of ether oxygens (including phenoxy) is 1. The second-order valence-electron chi connectivity index (χ2n) is 6.09. The van der Waals surface area contributed by atoms with Gasteiger partial charge in [-0.25, -0.2) is 8.42 Å². The maximum atomic E-state index is 12.9. The third kappa shape index (κ3) is 5.36. The average molecular weight is 442 g/mol. The zero-order valence-corrected chi connectivity index (χ0v) is 17.5. The van der Waals surface area contributed by atoms with Crippen LogP contribution in [0.25, 0.3) is 0 Å². The highest BCUT2D eigenvalue weighted by atomic mass is 35.5. The molecular weight excluding hydrogens is 422 g/mol. The van der Waals surface area contributed by atoms with Gasteiger partial charge in [0, 0.05) is 18.2 Å². The minimum Gasteiger partial charge on any atom is -0.497 e. The summed E-state index contributed by atoms with van der Waals surface area (Å²) in [5.74, 6) is -0.253. The lowest BCUT2D eigenvalue weighted by Crippen LogP contribution is -2.47. The first-order valence-electron chi connectivity index (χ1n) is 8.46. The van der Waals surface area contributed by atoms with Gasteiger partial charge in [0.15, 0.2) is 0 Å². The summed E-state index contributed by atoms with van der Waals surface area (Å²) in [4.78, 5) is 23.3. The Morgan fingerprint density at radius 1 is 1.31 bits per heavy atom. The number of carbonyl (C=O) groups is 1. The van der Waals surface area contributed by atoms with Crippen molar-refractivity contribution in [1.82, 2.24) is 0 Å². The zero-order chi connectivity index (χ0) is 21.8. The van der Waals surface area contributed by atoms with Crippen LogP contribution < -0.4 is 14.4 Å². The van der Waals surface area contributed by atoms with Crippen molar-refractivity contribution in [3.8, 4) is 5.75 Å². The Balaban J connectivity index is 2.44. The number of nitrogens with zero attached hydrogens (tertiary/aromatic N) is 2. The number of amides is 1. The fourth-order valence-electron chi connectivity index (χ4n) is 2.75. The van der Waals surface area contributed by atoms with Crippen molar-refractivity contribution < 1.29 is 22.9 Å². The molecule has 1 amide bonds. The number of nitrogens with one attached hydrogen (secondary N) is 1. The number of anilines is 2. The van der Waals surface area contributed by atoms with Crippen LogP contribution in [-0.4, -0.2) is 38.7 Å². The molecule has 0 aliphatic carbocycles. The van der Waals surface area contributed by atoms with Crippen LogP contribution in [0.15, 0.2) is 42.5 Å². The quantitative estimate of drug-likeness (QED) is 0.495. The van der Waals surface area contributed by atoms with Crippen LogP contribution in [0, 0.1) is 10.1 Å². The molecule has 9 nitrogen and oxygen atoms in total. The molecule has 1 atom stereocenters. The van der Waals surface area contributed by atoms with Crippen molar-refractivity contribution in [3.63, 3.8) is 0 Å². The lowest BCUT2D eigenvalue weighted by molar-refractivity contribution is -0.384. The molecule has 0 bridgehead atoms. The molecule has 156 valence electrons. The summed E-state index contributed by atoms with van der Waals surface area (Å²) < 4.78 is 31.1. The molecule has 0 unspecified atom stereocenters. The van der Waals surface area contributed by atoms with Gasteiger partial charge in [0.05, 0.1) is 34.7 Å². The SMILES string of the molecule is CC[C@H](C(=O)Nc1cc([N+](=O)[O-])ccc1Cl)N(c1cccc(OC)c1)S(C)(=O)=O. The molecule has 0 fully saturated rings. The molecule has 2 aromatic carbocycles. The van der Waals surface area contributed by atoms with Crippen molar-refractivity contribution in [2.24, 2.45) is 0 Å². The number of sulfonamides is 1. The summed E-state index contributed by atoms with van der Waals surface area (Å²) >= 11 is 6.03. The van der Waals surface area contributed by atoms with Crippen LogP contribution in [0.1, 0.15) is 13.3 Å². The maximum absolute atomic E-state index is 12.9.